The number of aromatic nitrogens is 3. The van der Waals surface area contributed by atoms with Gasteiger partial charge < -0.3 is 5.32 Å². The third-order valence-electron chi connectivity index (χ3n) is 5.87. The molecule has 4 nitrogen and oxygen atoms in total. The maximum absolute atomic E-state index is 14.4. The molecule has 5 rings (SSSR count). The molecule has 0 amide bonds. The van der Waals surface area contributed by atoms with Crippen molar-refractivity contribution in [1.29, 1.82) is 0 Å². The van der Waals surface area contributed by atoms with Crippen LogP contribution in [0.2, 0.25) is 0 Å². The molecule has 0 radical (unpaired) electrons. The van der Waals surface area contributed by atoms with Gasteiger partial charge in [-0.25, -0.2) is 14.4 Å². The van der Waals surface area contributed by atoms with Gasteiger partial charge in [-0.3, -0.25) is 4.98 Å². The third-order valence-corrected chi connectivity index (χ3v) is 7.06. The fraction of sp³-hybridized carbons (Fsp3) is 0.320. The summed E-state index contributed by atoms with van der Waals surface area (Å²) < 4.78 is 14.4. The van der Waals surface area contributed by atoms with Gasteiger partial charge in [0.1, 0.15) is 10.6 Å². The summed E-state index contributed by atoms with van der Waals surface area (Å²) in [4.78, 5) is 15.8. The van der Waals surface area contributed by atoms with Crippen molar-refractivity contribution in [1.82, 2.24) is 15.0 Å². The van der Waals surface area contributed by atoms with Crippen molar-refractivity contribution in [3.8, 4) is 11.4 Å². The second-order valence-corrected chi connectivity index (χ2v) is 9.40. The fourth-order valence-corrected chi connectivity index (χ4v) is 5.58. The lowest BCUT2D eigenvalue weighted by molar-refractivity contribution is 0.611. The van der Waals surface area contributed by atoms with Crippen molar-refractivity contribution in [2.45, 2.75) is 39.0 Å². The lowest BCUT2D eigenvalue weighted by Crippen LogP contribution is -2.15. The molecule has 1 atom stereocenters. The van der Waals surface area contributed by atoms with E-state index in [-0.39, 0.29) is 0 Å². The Morgan fingerprint density at radius 3 is 2.77 bits per heavy atom. The normalized spacial score (nSPS) is 14.4. The quantitative estimate of drug-likeness (QED) is 0.402. The zero-order valence-electron chi connectivity index (χ0n) is 17.6. The fourth-order valence-electron chi connectivity index (χ4n) is 4.32. The van der Waals surface area contributed by atoms with E-state index < -0.39 is 5.82 Å². The van der Waals surface area contributed by atoms with Gasteiger partial charge in [0.25, 0.3) is 0 Å². The Morgan fingerprint density at radius 1 is 1.10 bits per heavy atom. The van der Waals surface area contributed by atoms with Gasteiger partial charge in [0, 0.05) is 17.6 Å². The summed E-state index contributed by atoms with van der Waals surface area (Å²) in [7, 11) is 0. The van der Waals surface area contributed by atoms with E-state index in [1.165, 1.54) is 35.0 Å². The number of hydrogen-bond donors (Lipinski definition) is 1. The van der Waals surface area contributed by atoms with E-state index >= 15 is 0 Å². The molecule has 1 aromatic carbocycles. The average molecular weight is 433 g/mol. The Kier molecular flexibility index (Phi) is 5.64. The van der Waals surface area contributed by atoms with Gasteiger partial charge in [-0.15, -0.1) is 11.3 Å². The highest BCUT2D eigenvalue weighted by atomic mass is 32.1. The van der Waals surface area contributed by atoms with Crippen molar-refractivity contribution in [3.05, 3.63) is 70.6 Å². The molecule has 1 aliphatic carbocycles. The molecule has 6 heteroatoms. The number of nitrogens with one attached hydrogen (secondary N) is 1. The standard InChI is InChI=1S/C25H25FN4S/c1-16(13-17-7-3-2-4-8-17)14-28-24-22-19-9-5-6-10-21(19)31-25(22)30-23(29-24)18-11-12-27-15-20(18)26/h2-4,7-8,11-12,15-16H,5-6,9-10,13-14H2,1H3,(H,28,29,30). The Hall–Kier alpha value is -2.86. The van der Waals surface area contributed by atoms with Crippen LogP contribution in [0.5, 0.6) is 0 Å². The van der Waals surface area contributed by atoms with E-state index in [0.717, 1.165) is 41.8 Å². The molecule has 3 heterocycles. The highest BCUT2D eigenvalue weighted by Gasteiger charge is 2.22. The topological polar surface area (TPSA) is 50.7 Å². The van der Waals surface area contributed by atoms with Gasteiger partial charge in [0.05, 0.1) is 17.1 Å². The van der Waals surface area contributed by atoms with Crippen molar-refractivity contribution in [2.75, 3.05) is 11.9 Å². The number of anilines is 1. The van der Waals surface area contributed by atoms with Crippen LogP contribution in [-0.4, -0.2) is 21.5 Å². The Labute approximate surface area is 185 Å². The molecular formula is C25H25FN4S. The van der Waals surface area contributed by atoms with Gasteiger partial charge in [-0.05, 0) is 55.2 Å². The van der Waals surface area contributed by atoms with E-state index in [0.29, 0.717) is 17.3 Å². The molecule has 3 aromatic heterocycles. The molecule has 1 unspecified atom stereocenters. The molecular weight excluding hydrogens is 407 g/mol. The van der Waals surface area contributed by atoms with Crippen LogP contribution in [0.1, 0.15) is 35.8 Å². The minimum atomic E-state index is -0.397. The molecule has 1 N–H and O–H groups in total. The van der Waals surface area contributed by atoms with Crippen LogP contribution in [0.15, 0.2) is 48.8 Å². The molecule has 4 aromatic rings. The summed E-state index contributed by atoms with van der Waals surface area (Å²) in [6, 6.07) is 12.2. The van der Waals surface area contributed by atoms with Gasteiger partial charge in [0.2, 0.25) is 0 Å². The minimum absolute atomic E-state index is 0.392. The predicted molar refractivity (Wildman–Crippen MR) is 125 cm³/mol. The molecule has 0 bridgehead atoms. The predicted octanol–water partition coefficient (Wildman–Crippen LogP) is 6.06. The number of benzene rings is 1. The molecule has 0 fully saturated rings. The second-order valence-electron chi connectivity index (χ2n) is 8.32. The number of fused-ring (bicyclic) bond motifs is 3. The summed E-state index contributed by atoms with van der Waals surface area (Å²) in [6.07, 6.45) is 8.38. The lowest BCUT2D eigenvalue weighted by atomic mass is 9.96. The maximum atomic E-state index is 14.4. The summed E-state index contributed by atoms with van der Waals surface area (Å²) in [6.45, 7) is 3.04. The van der Waals surface area contributed by atoms with E-state index in [9.17, 15) is 4.39 Å². The second kappa shape index (κ2) is 8.71. The number of hydrogen-bond acceptors (Lipinski definition) is 5. The van der Waals surface area contributed by atoms with Gasteiger partial charge >= 0.3 is 0 Å². The number of rotatable bonds is 6. The first-order valence-corrected chi connectivity index (χ1v) is 11.7. The van der Waals surface area contributed by atoms with E-state index in [4.69, 9.17) is 9.97 Å². The SMILES string of the molecule is CC(CNc1nc(-c2ccncc2F)nc2sc3c(c12)CCCC3)Cc1ccccc1. The van der Waals surface area contributed by atoms with Gasteiger partial charge in [-0.1, -0.05) is 37.3 Å². The van der Waals surface area contributed by atoms with Crippen molar-refractivity contribution < 1.29 is 4.39 Å². The summed E-state index contributed by atoms with van der Waals surface area (Å²) in [5.74, 6) is 1.29. The lowest BCUT2D eigenvalue weighted by Gasteiger charge is -2.16. The van der Waals surface area contributed by atoms with Crippen LogP contribution in [0.4, 0.5) is 10.2 Å². The highest BCUT2D eigenvalue weighted by molar-refractivity contribution is 7.19. The summed E-state index contributed by atoms with van der Waals surface area (Å²) >= 11 is 1.74. The Balaban J connectivity index is 1.50. The number of halogens is 1. The monoisotopic (exact) mass is 432 g/mol. The van der Waals surface area contributed by atoms with Crippen LogP contribution in [0.25, 0.3) is 21.6 Å². The van der Waals surface area contributed by atoms with Crippen LogP contribution < -0.4 is 5.32 Å². The molecule has 158 valence electrons. The van der Waals surface area contributed by atoms with Gasteiger partial charge in [0.15, 0.2) is 11.6 Å². The van der Waals surface area contributed by atoms with Crippen LogP contribution in [-0.2, 0) is 19.3 Å². The number of thiophene rings is 1. The largest absolute Gasteiger partial charge is 0.369 e. The van der Waals surface area contributed by atoms with Crippen molar-refractivity contribution in [2.24, 2.45) is 5.92 Å². The first-order valence-electron chi connectivity index (χ1n) is 10.9. The molecule has 31 heavy (non-hydrogen) atoms. The smallest absolute Gasteiger partial charge is 0.166 e. The first kappa shape index (κ1) is 20.1. The van der Waals surface area contributed by atoms with E-state index in [1.807, 2.05) is 6.07 Å². The molecule has 1 aliphatic rings. The molecule has 0 spiro atoms. The first-order chi connectivity index (χ1) is 15.2. The zero-order chi connectivity index (χ0) is 21.2. The van der Waals surface area contributed by atoms with E-state index in [1.54, 1.807) is 23.6 Å². The highest BCUT2D eigenvalue weighted by Crippen LogP contribution is 2.39. The molecule has 0 saturated carbocycles. The van der Waals surface area contributed by atoms with E-state index in [2.05, 4.69) is 41.5 Å². The van der Waals surface area contributed by atoms with Gasteiger partial charge in [-0.2, -0.15) is 0 Å². The number of pyridine rings is 1. The molecule has 0 saturated heterocycles. The summed E-state index contributed by atoms with van der Waals surface area (Å²) in [5.41, 5.74) is 3.10. The number of aryl methyl sites for hydroxylation is 2. The number of nitrogens with zero attached hydrogens (tertiary/aromatic N) is 3. The molecule has 0 aliphatic heterocycles. The van der Waals surface area contributed by atoms with Crippen LogP contribution in [0.3, 0.4) is 0 Å². The zero-order valence-corrected chi connectivity index (χ0v) is 18.4. The average Bonchev–Trinajstić information content (AvgIpc) is 3.17. The Morgan fingerprint density at radius 2 is 1.94 bits per heavy atom. The summed E-state index contributed by atoms with van der Waals surface area (Å²) in [5, 5.41) is 4.72. The van der Waals surface area contributed by atoms with Crippen molar-refractivity contribution in [3.63, 3.8) is 0 Å². The minimum Gasteiger partial charge on any atom is -0.369 e. The van der Waals surface area contributed by atoms with Crippen LogP contribution >= 0.6 is 11.3 Å². The maximum Gasteiger partial charge on any atom is 0.166 e. The van der Waals surface area contributed by atoms with Crippen LogP contribution in [0, 0.1) is 11.7 Å². The Bertz CT molecular complexity index is 1210. The third kappa shape index (κ3) is 4.17. The van der Waals surface area contributed by atoms with Crippen molar-refractivity contribution >= 4 is 27.4 Å².